The second-order valence-electron chi connectivity index (χ2n) is 6.45. The lowest BCUT2D eigenvalue weighted by Crippen LogP contribution is -2.32. The molecule has 2 fully saturated rings. The van der Waals surface area contributed by atoms with Gasteiger partial charge in [0.1, 0.15) is 11.8 Å². The molecular formula is C17H20N2O2. The lowest BCUT2D eigenvalue weighted by atomic mass is 9.79. The number of rotatable bonds is 1. The Morgan fingerprint density at radius 2 is 2.00 bits per heavy atom. The van der Waals surface area contributed by atoms with Gasteiger partial charge in [0, 0.05) is 24.5 Å². The monoisotopic (exact) mass is 284 g/mol. The predicted octanol–water partition coefficient (Wildman–Crippen LogP) is 2.63. The zero-order valence-electron chi connectivity index (χ0n) is 12.0. The van der Waals surface area contributed by atoms with E-state index >= 15 is 0 Å². The first-order valence-electron chi connectivity index (χ1n) is 7.73. The van der Waals surface area contributed by atoms with E-state index in [0.717, 1.165) is 43.3 Å². The second kappa shape index (κ2) is 4.88. The minimum absolute atomic E-state index is 0.0999. The molecule has 0 bridgehead atoms. The fourth-order valence-corrected chi connectivity index (χ4v) is 3.95. The number of fused-ring (bicyclic) bond motifs is 2. The number of amides is 1. The summed E-state index contributed by atoms with van der Waals surface area (Å²) in [4.78, 5) is 14.8. The summed E-state index contributed by atoms with van der Waals surface area (Å²) < 4.78 is 5.50. The number of carbonyl (C=O) groups is 1. The Labute approximate surface area is 123 Å². The lowest BCUT2D eigenvalue weighted by Gasteiger charge is -2.27. The molecule has 1 amide bonds. The summed E-state index contributed by atoms with van der Waals surface area (Å²) in [5.41, 5.74) is 7.53. The zero-order chi connectivity index (χ0) is 14.4. The van der Waals surface area contributed by atoms with Gasteiger partial charge in [-0.3, -0.25) is 4.79 Å². The van der Waals surface area contributed by atoms with Crippen LogP contribution in [0.15, 0.2) is 34.9 Å². The SMILES string of the molecule is NC1CC[C@@H]2CN(C(=O)c3coc4ccccc34)C[C@@H]2C1. The minimum atomic E-state index is 0.0999. The van der Waals surface area contributed by atoms with Crippen molar-refractivity contribution in [3.63, 3.8) is 0 Å². The van der Waals surface area contributed by atoms with Gasteiger partial charge in [0.25, 0.3) is 5.91 Å². The number of hydrogen-bond acceptors (Lipinski definition) is 3. The van der Waals surface area contributed by atoms with Crippen LogP contribution in [0.4, 0.5) is 0 Å². The van der Waals surface area contributed by atoms with E-state index in [1.54, 1.807) is 6.26 Å². The molecule has 2 aromatic rings. The van der Waals surface area contributed by atoms with Crippen LogP contribution < -0.4 is 5.73 Å². The maximum atomic E-state index is 12.8. The number of furan rings is 1. The van der Waals surface area contributed by atoms with Crippen molar-refractivity contribution < 1.29 is 9.21 Å². The van der Waals surface area contributed by atoms with Gasteiger partial charge in [-0.05, 0) is 37.2 Å². The van der Waals surface area contributed by atoms with E-state index in [9.17, 15) is 4.79 Å². The summed E-state index contributed by atoms with van der Waals surface area (Å²) in [6.07, 6.45) is 4.90. The van der Waals surface area contributed by atoms with Gasteiger partial charge in [0.15, 0.2) is 0 Å². The molecule has 1 unspecified atom stereocenters. The highest BCUT2D eigenvalue weighted by Crippen LogP contribution is 2.36. The van der Waals surface area contributed by atoms with Gasteiger partial charge in [0.2, 0.25) is 0 Å². The van der Waals surface area contributed by atoms with Crippen molar-refractivity contribution in [3.8, 4) is 0 Å². The van der Waals surface area contributed by atoms with Crippen LogP contribution in [0, 0.1) is 11.8 Å². The Kier molecular flexibility index (Phi) is 3.00. The van der Waals surface area contributed by atoms with Gasteiger partial charge in [-0.1, -0.05) is 18.2 Å². The number of benzene rings is 1. The first-order valence-corrected chi connectivity index (χ1v) is 7.73. The molecule has 2 heterocycles. The van der Waals surface area contributed by atoms with E-state index in [1.807, 2.05) is 29.2 Å². The molecule has 4 rings (SSSR count). The van der Waals surface area contributed by atoms with Gasteiger partial charge >= 0.3 is 0 Å². The van der Waals surface area contributed by atoms with E-state index in [0.29, 0.717) is 23.4 Å². The van der Waals surface area contributed by atoms with Crippen LogP contribution in [0.1, 0.15) is 29.6 Å². The number of nitrogens with zero attached hydrogens (tertiary/aromatic N) is 1. The molecule has 4 heteroatoms. The number of hydrogen-bond donors (Lipinski definition) is 1. The van der Waals surface area contributed by atoms with E-state index in [1.165, 1.54) is 0 Å². The number of likely N-dealkylation sites (tertiary alicyclic amines) is 1. The van der Waals surface area contributed by atoms with E-state index < -0.39 is 0 Å². The van der Waals surface area contributed by atoms with Crippen molar-refractivity contribution in [1.29, 1.82) is 0 Å². The molecule has 21 heavy (non-hydrogen) atoms. The summed E-state index contributed by atoms with van der Waals surface area (Å²) in [7, 11) is 0. The third-order valence-electron chi connectivity index (χ3n) is 5.09. The molecule has 1 aromatic heterocycles. The Hall–Kier alpha value is -1.81. The highest BCUT2D eigenvalue weighted by Gasteiger charge is 2.39. The first kappa shape index (κ1) is 12.9. The van der Waals surface area contributed by atoms with Crippen LogP contribution in [-0.2, 0) is 0 Å². The Morgan fingerprint density at radius 1 is 1.19 bits per heavy atom. The molecule has 1 aliphatic heterocycles. The molecule has 1 saturated carbocycles. The molecule has 0 radical (unpaired) electrons. The minimum Gasteiger partial charge on any atom is -0.463 e. The van der Waals surface area contributed by atoms with E-state index in [2.05, 4.69) is 0 Å². The average molecular weight is 284 g/mol. The molecule has 2 N–H and O–H groups in total. The number of nitrogens with two attached hydrogens (primary N) is 1. The molecule has 4 nitrogen and oxygen atoms in total. The van der Waals surface area contributed by atoms with Crippen molar-refractivity contribution in [1.82, 2.24) is 4.90 Å². The van der Waals surface area contributed by atoms with Crippen LogP contribution in [0.3, 0.4) is 0 Å². The van der Waals surface area contributed by atoms with Gasteiger partial charge in [-0.15, -0.1) is 0 Å². The summed E-state index contributed by atoms with van der Waals surface area (Å²) in [5.74, 6) is 1.31. The summed E-state index contributed by atoms with van der Waals surface area (Å²) in [6.45, 7) is 1.71. The Bertz CT molecular complexity index is 678. The summed E-state index contributed by atoms with van der Waals surface area (Å²) in [5, 5.41) is 0.911. The number of carbonyl (C=O) groups excluding carboxylic acids is 1. The van der Waals surface area contributed by atoms with Gasteiger partial charge in [-0.2, -0.15) is 0 Å². The first-order chi connectivity index (χ1) is 10.2. The standard InChI is InChI=1S/C17H20N2O2/c18-13-6-5-11-8-19(9-12(11)7-13)17(20)15-10-21-16-4-2-1-3-14(15)16/h1-4,10-13H,5-9,18H2/t11-,12+,13?/m1/s1. The normalized spacial score (nSPS) is 28.8. The number of para-hydroxylation sites is 1. The van der Waals surface area contributed by atoms with Gasteiger partial charge < -0.3 is 15.1 Å². The molecular weight excluding hydrogens is 264 g/mol. The molecule has 0 spiro atoms. The van der Waals surface area contributed by atoms with Gasteiger partial charge in [0.05, 0.1) is 5.56 Å². The average Bonchev–Trinajstić information content (AvgIpc) is 3.09. The largest absolute Gasteiger partial charge is 0.463 e. The van der Waals surface area contributed by atoms with Crippen LogP contribution in [0.25, 0.3) is 11.0 Å². The van der Waals surface area contributed by atoms with Crippen molar-refractivity contribution in [2.24, 2.45) is 17.6 Å². The van der Waals surface area contributed by atoms with Crippen molar-refractivity contribution in [2.75, 3.05) is 13.1 Å². The van der Waals surface area contributed by atoms with Crippen LogP contribution in [0.2, 0.25) is 0 Å². The highest BCUT2D eigenvalue weighted by atomic mass is 16.3. The third kappa shape index (κ3) is 2.14. The van der Waals surface area contributed by atoms with E-state index in [-0.39, 0.29) is 5.91 Å². The topological polar surface area (TPSA) is 59.5 Å². The Balaban J connectivity index is 1.58. The van der Waals surface area contributed by atoms with Crippen LogP contribution in [-0.4, -0.2) is 29.9 Å². The second-order valence-corrected chi connectivity index (χ2v) is 6.45. The van der Waals surface area contributed by atoms with Gasteiger partial charge in [-0.25, -0.2) is 0 Å². The van der Waals surface area contributed by atoms with Crippen molar-refractivity contribution in [2.45, 2.75) is 25.3 Å². The molecule has 2 aliphatic rings. The smallest absolute Gasteiger partial charge is 0.257 e. The molecule has 1 saturated heterocycles. The highest BCUT2D eigenvalue weighted by molar-refractivity contribution is 6.05. The maximum absolute atomic E-state index is 12.8. The van der Waals surface area contributed by atoms with Crippen molar-refractivity contribution >= 4 is 16.9 Å². The van der Waals surface area contributed by atoms with Crippen LogP contribution in [0.5, 0.6) is 0 Å². The Morgan fingerprint density at radius 3 is 2.90 bits per heavy atom. The quantitative estimate of drug-likeness (QED) is 0.875. The predicted molar refractivity (Wildman–Crippen MR) is 80.9 cm³/mol. The maximum Gasteiger partial charge on any atom is 0.257 e. The lowest BCUT2D eigenvalue weighted by molar-refractivity contribution is 0.0785. The molecule has 3 atom stereocenters. The molecule has 1 aromatic carbocycles. The molecule has 110 valence electrons. The molecule has 1 aliphatic carbocycles. The zero-order valence-corrected chi connectivity index (χ0v) is 12.0. The summed E-state index contributed by atoms with van der Waals surface area (Å²) >= 11 is 0. The summed E-state index contributed by atoms with van der Waals surface area (Å²) in [6, 6.07) is 8.03. The van der Waals surface area contributed by atoms with E-state index in [4.69, 9.17) is 10.2 Å². The fraction of sp³-hybridized carbons (Fsp3) is 0.471. The third-order valence-corrected chi connectivity index (χ3v) is 5.09. The van der Waals surface area contributed by atoms with Crippen LogP contribution >= 0.6 is 0 Å². The fourth-order valence-electron chi connectivity index (χ4n) is 3.95. The van der Waals surface area contributed by atoms with Crippen molar-refractivity contribution in [3.05, 3.63) is 36.1 Å².